The lowest BCUT2D eigenvalue weighted by atomic mass is 10.4. The van der Waals surface area contributed by atoms with Gasteiger partial charge in [-0.2, -0.15) is 0 Å². The van der Waals surface area contributed by atoms with Gasteiger partial charge in [-0.15, -0.1) is 0 Å². The van der Waals surface area contributed by atoms with Crippen LogP contribution in [0.1, 0.15) is 0 Å². The van der Waals surface area contributed by atoms with Crippen molar-refractivity contribution in [2.45, 2.75) is 0 Å². The van der Waals surface area contributed by atoms with Crippen LogP contribution < -0.4 is 5.32 Å². The summed E-state index contributed by atoms with van der Waals surface area (Å²) < 4.78 is 1.91. The van der Waals surface area contributed by atoms with Crippen LogP contribution in [0.15, 0.2) is 24.5 Å². The predicted octanol–water partition coefficient (Wildman–Crippen LogP) is 2.03. The Morgan fingerprint density at radius 2 is 2.33 bits per heavy atom. The Morgan fingerprint density at radius 1 is 1.50 bits per heavy atom. The second-order valence-corrected chi connectivity index (χ2v) is 2.81. The molecular formula is C8H8ClN3. The zero-order chi connectivity index (χ0) is 8.55. The zero-order valence-corrected chi connectivity index (χ0v) is 7.34. The number of hydrogen-bond donors (Lipinski definition) is 1. The molecule has 0 spiro atoms. The van der Waals surface area contributed by atoms with Crippen molar-refractivity contribution >= 4 is 22.9 Å². The molecule has 0 aromatic carbocycles. The van der Waals surface area contributed by atoms with E-state index in [4.69, 9.17) is 11.6 Å². The van der Waals surface area contributed by atoms with Crippen molar-refractivity contribution in [3.8, 4) is 0 Å². The molecule has 0 bridgehead atoms. The molecule has 0 saturated carbocycles. The van der Waals surface area contributed by atoms with Crippen LogP contribution in [-0.4, -0.2) is 16.4 Å². The highest BCUT2D eigenvalue weighted by molar-refractivity contribution is 6.32. The van der Waals surface area contributed by atoms with E-state index in [-0.39, 0.29) is 0 Å². The lowest BCUT2D eigenvalue weighted by molar-refractivity contribution is 1.14. The second kappa shape index (κ2) is 2.68. The third-order valence-electron chi connectivity index (χ3n) is 1.78. The van der Waals surface area contributed by atoms with Gasteiger partial charge < -0.3 is 5.32 Å². The number of nitrogens with one attached hydrogen (secondary N) is 1. The van der Waals surface area contributed by atoms with Crippen molar-refractivity contribution in [3.63, 3.8) is 0 Å². The highest BCUT2D eigenvalue weighted by Gasteiger charge is 2.02. The molecule has 0 atom stereocenters. The van der Waals surface area contributed by atoms with E-state index >= 15 is 0 Å². The highest BCUT2D eigenvalue weighted by atomic mass is 35.5. The lowest BCUT2D eigenvalue weighted by Crippen LogP contribution is -1.95. The molecule has 0 saturated heterocycles. The summed E-state index contributed by atoms with van der Waals surface area (Å²) in [6, 6.07) is 5.83. The molecule has 2 rings (SSSR count). The summed E-state index contributed by atoms with van der Waals surface area (Å²) in [6.45, 7) is 0. The van der Waals surface area contributed by atoms with Crippen LogP contribution in [0, 0.1) is 0 Å². The summed E-state index contributed by atoms with van der Waals surface area (Å²) >= 11 is 5.84. The number of aromatic nitrogens is 2. The minimum absolute atomic E-state index is 0.534. The SMILES string of the molecule is CNc1cccc2c(Cl)ncn12. The molecule has 62 valence electrons. The van der Waals surface area contributed by atoms with Gasteiger partial charge in [-0.05, 0) is 12.1 Å². The molecule has 0 fully saturated rings. The second-order valence-electron chi connectivity index (χ2n) is 2.45. The van der Waals surface area contributed by atoms with Crippen molar-refractivity contribution in [1.29, 1.82) is 0 Å². The van der Waals surface area contributed by atoms with Crippen LogP contribution in [0.3, 0.4) is 0 Å². The van der Waals surface area contributed by atoms with Crippen LogP contribution in [0.25, 0.3) is 5.52 Å². The molecule has 3 nitrogen and oxygen atoms in total. The molecule has 4 heteroatoms. The topological polar surface area (TPSA) is 29.3 Å². The number of pyridine rings is 1. The number of hydrogen-bond acceptors (Lipinski definition) is 2. The Morgan fingerprint density at radius 3 is 3.08 bits per heavy atom. The molecule has 2 heterocycles. The van der Waals surface area contributed by atoms with E-state index in [0.29, 0.717) is 5.15 Å². The first kappa shape index (κ1) is 7.43. The number of fused-ring (bicyclic) bond motifs is 1. The van der Waals surface area contributed by atoms with E-state index in [9.17, 15) is 0 Å². The van der Waals surface area contributed by atoms with E-state index in [1.807, 2.05) is 29.6 Å². The number of halogens is 1. The van der Waals surface area contributed by atoms with Gasteiger partial charge in [0.25, 0.3) is 0 Å². The summed E-state index contributed by atoms with van der Waals surface area (Å²) in [5, 5.41) is 3.58. The van der Waals surface area contributed by atoms with Gasteiger partial charge in [0.05, 0.1) is 5.52 Å². The van der Waals surface area contributed by atoms with Gasteiger partial charge in [0, 0.05) is 7.05 Å². The summed E-state index contributed by atoms with van der Waals surface area (Å²) in [5.74, 6) is 0.979. The van der Waals surface area contributed by atoms with Gasteiger partial charge in [-0.25, -0.2) is 4.98 Å². The standard InChI is InChI=1S/C8H8ClN3/c1-10-7-4-2-3-6-8(9)11-5-12(6)7/h2-5,10H,1H3. The Kier molecular flexibility index (Phi) is 1.66. The quantitative estimate of drug-likeness (QED) is 0.730. The Bertz CT molecular complexity index is 408. The molecule has 0 aliphatic heterocycles. The van der Waals surface area contributed by atoms with Crippen LogP contribution in [0.4, 0.5) is 5.82 Å². The largest absolute Gasteiger partial charge is 0.374 e. The molecule has 12 heavy (non-hydrogen) atoms. The third-order valence-corrected chi connectivity index (χ3v) is 2.07. The normalized spacial score (nSPS) is 10.5. The molecular weight excluding hydrogens is 174 g/mol. The predicted molar refractivity (Wildman–Crippen MR) is 49.7 cm³/mol. The van der Waals surface area contributed by atoms with E-state index in [1.54, 1.807) is 6.33 Å². The fourth-order valence-electron chi connectivity index (χ4n) is 1.19. The fourth-order valence-corrected chi connectivity index (χ4v) is 1.39. The maximum Gasteiger partial charge on any atom is 0.154 e. The van der Waals surface area contributed by atoms with E-state index < -0.39 is 0 Å². The molecule has 0 unspecified atom stereocenters. The van der Waals surface area contributed by atoms with Crippen LogP contribution in [-0.2, 0) is 0 Å². The van der Waals surface area contributed by atoms with Crippen LogP contribution in [0.2, 0.25) is 5.15 Å². The first-order valence-corrected chi connectivity index (χ1v) is 4.00. The van der Waals surface area contributed by atoms with Gasteiger partial charge in [-0.1, -0.05) is 17.7 Å². The van der Waals surface area contributed by atoms with Crippen molar-refractivity contribution in [1.82, 2.24) is 9.38 Å². The molecule has 0 aliphatic carbocycles. The first-order chi connectivity index (χ1) is 5.83. The maximum atomic E-state index is 5.84. The minimum atomic E-state index is 0.534. The van der Waals surface area contributed by atoms with Crippen molar-refractivity contribution in [2.75, 3.05) is 12.4 Å². The third kappa shape index (κ3) is 0.940. The van der Waals surface area contributed by atoms with Crippen molar-refractivity contribution in [2.24, 2.45) is 0 Å². The molecule has 0 amide bonds. The maximum absolute atomic E-state index is 5.84. The smallest absolute Gasteiger partial charge is 0.154 e. The minimum Gasteiger partial charge on any atom is -0.374 e. The summed E-state index contributed by atoms with van der Waals surface area (Å²) in [5.41, 5.74) is 0.920. The number of imidazole rings is 1. The fraction of sp³-hybridized carbons (Fsp3) is 0.125. The Balaban J connectivity index is 2.81. The van der Waals surface area contributed by atoms with Gasteiger partial charge in [0.15, 0.2) is 5.15 Å². The van der Waals surface area contributed by atoms with E-state index in [2.05, 4.69) is 10.3 Å². The number of anilines is 1. The molecule has 0 aliphatic rings. The zero-order valence-electron chi connectivity index (χ0n) is 6.58. The highest BCUT2D eigenvalue weighted by Crippen LogP contribution is 2.18. The Labute approximate surface area is 75.0 Å². The van der Waals surface area contributed by atoms with Gasteiger partial charge >= 0.3 is 0 Å². The number of rotatable bonds is 1. The monoisotopic (exact) mass is 181 g/mol. The number of nitrogens with zero attached hydrogens (tertiary/aromatic N) is 2. The average molecular weight is 182 g/mol. The van der Waals surface area contributed by atoms with Crippen molar-refractivity contribution in [3.05, 3.63) is 29.7 Å². The molecule has 2 aromatic rings. The van der Waals surface area contributed by atoms with Gasteiger partial charge in [-0.3, -0.25) is 4.40 Å². The summed E-state index contributed by atoms with van der Waals surface area (Å²) in [4.78, 5) is 3.99. The first-order valence-electron chi connectivity index (χ1n) is 3.62. The summed E-state index contributed by atoms with van der Waals surface area (Å²) in [7, 11) is 1.86. The van der Waals surface area contributed by atoms with Gasteiger partial charge in [0.2, 0.25) is 0 Å². The summed E-state index contributed by atoms with van der Waals surface area (Å²) in [6.07, 6.45) is 1.70. The average Bonchev–Trinajstić information content (AvgIpc) is 2.48. The van der Waals surface area contributed by atoms with E-state index in [1.165, 1.54) is 0 Å². The molecule has 0 radical (unpaired) electrons. The van der Waals surface area contributed by atoms with Gasteiger partial charge in [0.1, 0.15) is 12.1 Å². The lowest BCUT2D eigenvalue weighted by Gasteiger charge is -2.02. The van der Waals surface area contributed by atoms with Crippen LogP contribution in [0.5, 0.6) is 0 Å². The molecule has 1 N–H and O–H groups in total. The van der Waals surface area contributed by atoms with Crippen LogP contribution >= 0.6 is 11.6 Å². The Hall–Kier alpha value is -1.22. The van der Waals surface area contributed by atoms with E-state index in [0.717, 1.165) is 11.3 Å². The molecule has 2 aromatic heterocycles. The van der Waals surface area contributed by atoms with Crippen molar-refractivity contribution < 1.29 is 0 Å².